The van der Waals surface area contributed by atoms with Gasteiger partial charge in [0.15, 0.2) is 0 Å². The van der Waals surface area contributed by atoms with Crippen molar-refractivity contribution in [1.82, 2.24) is 9.80 Å². The third kappa shape index (κ3) is 4.66. The topological polar surface area (TPSA) is 79.3 Å². The molecule has 0 radical (unpaired) electrons. The van der Waals surface area contributed by atoms with Gasteiger partial charge in [-0.2, -0.15) is 0 Å². The average Bonchev–Trinajstić information content (AvgIpc) is 3.29. The van der Waals surface area contributed by atoms with Gasteiger partial charge in [0.25, 0.3) is 11.7 Å². The number of ketones is 1. The van der Waals surface area contributed by atoms with Crippen molar-refractivity contribution in [2.24, 2.45) is 0 Å². The number of carbonyl (C=O) groups is 2. The highest BCUT2D eigenvalue weighted by atomic mass is 16.5. The minimum atomic E-state index is -0.689. The van der Waals surface area contributed by atoms with Gasteiger partial charge < -0.3 is 24.4 Å². The van der Waals surface area contributed by atoms with E-state index in [1.54, 1.807) is 11.0 Å². The van der Waals surface area contributed by atoms with E-state index in [0.29, 0.717) is 30.9 Å². The van der Waals surface area contributed by atoms with Crippen LogP contribution in [0.2, 0.25) is 0 Å². The zero-order chi connectivity index (χ0) is 24.4. The number of aliphatic hydroxyl groups is 1. The van der Waals surface area contributed by atoms with Crippen molar-refractivity contribution in [3.63, 3.8) is 0 Å². The minimum absolute atomic E-state index is 0.0657. The summed E-state index contributed by atoms with van der Waals surface area (Å²) in [5.74, 6) is 0.0174. The van der Waals surface area contributed by atoms with E-state index in [-0.39, 0.29) is 17.4 Å². The lowest BCUT2D eigenvalue weighted by Gasteiger charge is -2.26. The van der Waals surface area contributed by atoms with Crippen molar-refractivity contribution in [3.8, 4) is 11.5 Å². The number of hydrogen-bond acceptors (Lipinski definition) is 6. The Bertz CT molecular complexity index is 1120. The molecule has 1 saturated heterocycles. The maximum atomic E-state index is 13.2. The first-order valence-electron chi connectivity index (χ1n) is 11.8. The number of hydrogen-bond donors (Lipinski definition) is 1. The van der Waals surface area contributed by atoms with Crippen molar-refractivity contribution in [2.75, 3.05) is 33.8 Å². The summed E-state index contributed by atoms with van der Waals surface area (Å²) in [6.45, 7) is 5.57. The third-order valence-corrected chi connectivity index (χ3v) is 6.20. The Hall–Kier alpha value is -3.32. The molecule has 2 aromatic carbocycles. The number of aliphatic hydroxyl groups excluding tert-OH is 1. The normalized spacial score (nSPS) is 21.1. The Labute approximate surface area is 200 Å². The molecule has 1 amide bonds. The Kier molecular flexibility index (Phi) is 6.93. The second-order valence-electron chi connectivity index (χ2n) is 9.11. The van der Waals surface area contributed by atoms with Crippen LogP contribution in [0.3, 0.4) is 0 Å². The first kappa shape index (κ1) is 23.8. The third-order valence-electron chi connectivity index (χ3n) is 6.20. The van der Waals surface area contributed by atoms with Gasteiger partial charge in [0, 0.05) is 18.5 Å². The first-order valence-corrected chi connectivity index (χ1v) is 11.8. The van der Waals surface area contributed by atoms with E-state index in [2.05, 4.69) is 0 Å². The van der Waals surface area contributed by atoms with Gasteiger partial charge in [-0.3, -0.25) is 9.59 Å². The molecule has 0 saturated carbocycles. The quantitative estimate of drug-likeness (QED) is 0.364. The van der Waals surface area contributed by atoms with Crippen LogP contribution in [0.4, 0.5) is 0 Å². The zero-order valence-electron chi connectivity index (χ0n) is 20.2. The summed E-state index contributed by atoms with van der Waals surface area (Å²) in [4.78, 5) is 30.0. The molecule has 0 aromatic heterocycles. The van der Waals surface area contributed by atoms with Crippen molar-refractivity contribution in [3.05, 3.63) is 64.7 Å². The number of amides is 1. The Balaban J connectivity index is 1.79. The monoisotopic (exact) mass is 464 g/mol. The van der Waals surface area contributed by atoms with Crippen molar-refractivity contribution in [2.45, 2.75) is 38.8 Å². The molecule has 0 aliphatic carbocycles. The van der Waals surface area contributed by atoms with E-state index in [0.717, 1.165) is 29.8 Å². The number of rotatable bonds is 8. The summed E-state index contributed by atoms with van der Waals surface area (Å²) in [5.41, 5.74) is 2.32. The fraction of sp³-hybridized carbons (Fsp3) is 0.407. The van der Waals surface area contributed by atoms with E-state index in [4.69, 9.17) is 9.47 Å². The van der Waals surface area contributed by atoms with Gasteiger partial charge in [0.2, 0.25) is 0 Å². The Morgan fingerprint density at radius 3 is 2.74 bits per heavy atom. The fourth-order valence-corrected chi connectivity index (χ4v) is 4.68. The van der Waals surface area contributed by atoms with Crippen molar-refractivity contribution >= 4 is 17.4 Å². The average molecular weight is 465 g/mol. The largest absolute Gasteiger partial charge is 0.507 e. The lowest BCUT2D eigenvalue weighted by Crippen LogP contribution is -2.32. The highest BCUT2D eigenvalue weighted by Gasteiger charge is 2.46. The van der Waals surface area contributed by atoms with E-state index >= 15 is 0 Å². The highest BCUT2D eigenvalue weighted by molar-refractivity contribution is 6.46. The number of carbonyl (C=O) groups excluding carboxylic acids is 2. The van der Waals surface area contributed by atoms with E-state index in [9.17, 15) is 14.7 Å². The molecule has 7 heteroatoms. The summed E-state index contributed by atoms with van der Waals surface area (Å²) < 4.78 is 11.4. The molecule has 34 heavy (non-hydrogen) atoms. The Morgan fingerprint density at radius 1 is 1.21 bits per heavy atom. The molecule has 2 heterocycles. The van der Waals surface area contributed by atoms with Gasteiger partial charge in [-0.15, -0.1) is 0 Å². The van der Waals surface area contributed by atoms with Crippen LogP contribution in [-0.2, 0) is 16.0 Å². The van der Waals surface area contributed by atoms with E-state index in [1.165, 1.54) is 0 Å². The van der Waals surface area contributed by atoms with Crippen LogP contribution in [0.1, 0.15) is 43.0 Å². The molecule has 1 N–H and O–H groups in total. The van der Waals surface area contributed by atoms with Crippen LogP contribution in [0.25, 0.3) is 5.76 Å². The van der Waals surface area contributed by atoms with Crippen LogP contribution < -0.4 is 9.47 Å². The SMILES string of the molecule is CCOc1cccc(C2/C(=C(\O)c3ccc4c(c3)CC(C)O4)C(=O)C(=O)N2CCCN(C)C)c1. The van der Waals surface area contributed by atoms with Crippen LogP contribution in [0.15, 0.2) is 48.0 Å². The maximum Gasteiger partial charge on any atom is 0.295 e. The molecule has 2 atom stereocenters. The standard InChI is InChI=1S/C27H32N2O5/c1-5-33-21-9-6-8-18(16-21)24-23(26(31)27(32)29(24)13-7-12-28(3)4)25(30)19-10-11-22-20(15-19)14-17(2)34-22/h6,8-11,15-17,24,30H,5,7,12-14H2,1-4H3/b25-23+. The predicted octanol–water partition coefficient (Wildman–Crippen LogP) is 3.78. The number of ether oxygens (including phenoxy) is 2. The smallest absolute Gasteiger partial charge is 0.295 e. The lowest BCUT2D eigenvalue weighted by atomic mass is 9.94. The molecule has 2 aliphatic rings. The van der Waals surface area contributed by atoms with Crippen LogP contribution in [-0.4, -0.2) is 66.5 Å². The van der Waals surface area contributed by atoms with Gasteiger partial charge >= 0.3 is 0 Å². The van der Waals surface area contributed by atoms with Crippen LogP contribution in [0, 0.1) is 0 Å². The zero-order valence-corrected chi connectivity index (χ0v) is 20.2. The summed E-state index contributed by atoms with van der Waals surface area (Å²) in [7, 11) is 3.94. The van der Waals surface area contributed by atoms with Crippen molar-refractivity contribution < 1.29 is 24.2 Å². The van der Waals surface area contributed by atoms with Gasteiger partial charge in [-0.05, 0) is 82.4 Å². The van der Waals surface area contributed by atoms with Crippen molar-refractivity contribution in [1.29, 1.82) is 0 Å². The molecule has 2 unspecified atom stereocenters. The molecular formula is C27H32N2O5. The minimum Gasteiger partial charge on any atom is -0.507 e. The van der Waals surface area contributed by atoms with Gasteiger partial charge in [0.1, 0.15) is 23.4 Å². The second kappa shape index (κ2) is 9.89. The van der Waals surface area contributed by atoms with E-state index in [1.807, 2.05) is 69.2 Å². The summed E-state index contributed by atoms with van der Waals surface area (Å²) >= 11 is 0. The summed E-state index contributed by atoms with van der Waals surface area (Å²) in [6, 6.07) is 12.1. The van der Waals surface area contributed by atoms with E-state index < -0.39 is 17.7 Å². The molecule has 0 bridgehead atoms. The molecule has 0 spiro atoms. The number of fused-ring (bicyclic) bond motifs is 1. The van der Waals surface area contributed by atoms with Gasteiger partial charge in [-0.1, -0.05) is 12.1 Å². The molecule has 1 fully saturated rings. The highest BCUT2D eigenvalue weighted by Crippen LogP contribution is 2.41. The van der Waals surface area contributed by atoms with Crippen LogP contribution >= 0.6 is 0 Å². The van der Waals surface area contributed by atoms with Gasteiger partial charge in [-0.25, -0.2) is 0 Å². The Morgan fingerprint density at radius 2 is 2.00 bits per heavy atom. The second-order valence-corrected chi connectivity index (χ2v) is 9.11. The molecule has 7 nitrogen and oxygen atoms in total. The summed E-state index contributed by atoms with van der Waals surface area (Å²) in [6.07, 6.45) is 1.50. The maximum absolute atomic E-state index is 13.2. The molecule has 180 valence electrons. The van der Waals surface area contributed by atoms with Gasteiger partial charge in [0.05, 0.1) is 18.2 Å². The molecule has 2 aromatic rings. The number of likely N-dealkylation sites (tertiary alicyclic amines) is 1. The number of benzene rings is 2. The number of Topliss-reactive ketones (excluding diaryl/α,β-unsaturated/α-hetero) is 1. The molecule has 4 rings (SSSR count). The molecule has 2 aliphatic heterocycles. The summed E-state index contributed by atoms with van der Waals surface area (Å²) in [5, 5.41) is 11.3. The molecular weight excluding hydrogens is 432 g/mol. The fourth-order valence-electron chi connectivity index (χ4n) is 4.68. The number of nitrogens with zero attached hydrogens (tertiary/aromatic N) is 2. The predicted molar refractivity (Wildman–Crippen MR) is 130 cm³/mol. The lowest BCUT2D eigenvalue weighted by molar-refractivity contribution is -0.139. The first-order chi connectivity index (χ1) is 16.3. The van der Waals surface area contributed by atoms with Crippen LogP contribution in [0.5, 0.6) is 11.5 Å².